The fourth-order valence-electron chi connectivity index (χ4n) is 6.06. The van der Waals surface area contributed by atoms with Gasteiger partial charge in [0.15, 0.2) is 0 Å². The molecule has 1 atom stereocenters. The van der Waals surface area contributed by atoms with Crippen LogP contribution in [-0.2, 0) is 16.4 Å². The molecule has 1 saturated heterocycles. The molecule has 1 N–H and O–H groups in total. The number of nitrogens with zero attached hydrogens (tertiary/aromatic N) is 5. The molecule has 1 aliphatic heterocycles. The van der Waals surface area contributed by atoms with Gasteiger partial charge in [-0.25, -0.2) is 13.4 Å². The highest BCUT2D eigenvalue weighted by molar-refractivity contribution is 7.91. The first-order valence-electron chi connectivity index (χ1n) is 15.7. The first-order valence-corrected chi connectivity index (χ1v) is 17.4. The van der Waals surface area contributed by atoms with Crippen LogP contribution in [0.3, 0.4) is 0 Å². The Morgan fingerprint density at radius 3 is 2.60 bits per heavy atom. The smallest absolute Gasteiger partial charge is 0.260 e. The molecule has 0 bridgehead atoms. The number of pyridine rings is 1. The normalized spacial score (nSPS) is 15.7. The number of aromatic nitrogens is 3. The molecule has 0 spiro atoms. The van der Waals surface area contributed by atoms with Gasteiger partial charge in [0.2, 0.25) is 20.9 Å². The molecule has 0 radical (unpaired) electrons. The van der Waals surface area contributed by atoms with Gasteiger partial charge in [-0.3, -0.25) is 9.36 Å². The minimum absolute atomic E-state index is 0.0702. The molecule has 6 rings (SSSR count). The summed E-state index contributed by atoms with van der Waals surface area (Å²) < 4.78 is 33.5. The van der Waals surface area contributed by atoms with Gasteiger partial charge in [0, 0.05) is 41.5 Å². The van der Waals surface area contributed by atoms with E-state index in [4.69, 9.17) is 9.40 Å². The fourth-order valence-corrected chi connectivity index (χ4v) is 7.59. The Morgan fingerprint density at radius 1 is 1.11 bits per heavy atom. The lowest BCUT2D eigenvalue weighted by atomic mass is 9.91. The van der Waals surface area contributed by atoms with Gasteiger partial charge in [-0.15, -0.1) is 0 Å². The lowest BCUT2D eigenvalue weighted by molar-refractivity contribution is 0.251. The molecule has 47 heavy (non-hydrogen) atoms. The summed E-state index contributed by atoms with van der Waals surface area (Å²) in [5, 5.41) is 3.74. The van der Waals surface area contributed by atoms with Gasteiger partial charge in [-0.05, 0) is 87.4 Å². The molecule has 2 aromatic carbocycles. The van der Waals surface area contributed by atoms with Crippen LogP contribution in [-0.4, -0.2) is 79.3 Å². The molecular formula is C36H40N6O4S. The predicted octanol–water partition coefficient (Wildman–Crippen LogP) is 5.38. The van der Waals surface area contributed by atoms with Crippen molar-refractivity contribution in [2.24, 2.45) is 0 Å². The van der Waals surface area contributed by atoms with E-state index in [1.165, 1.54) is 29.2 Å². The van der Waals surface area contributed by atoms with Crippen LogP contribution in [0.5, 0.6) is 0 Å². The van der Waals surface area contributed by atoms with Gasteiger partial charge < -0.3 is 19.5 Å². The minimum atomic E-state index is -3.75. The highest BCUT2D eigenvalue weighted by Crippen LogP contribution is 2.29. The Labute approximate surface area is 275 Å². The molecule has 244 valence electrons. The molecule has 0 saturated carbocycles. The van der Waals surface area contributed by atoms with Crippen LogP contribution in [0.2, 0.25) is 0 Å². The fraction of sp³-hybridized carbons (Fsp3) is 0.306. The van der Waals surface area contributed by atoms with Crippen molar-refractivity contribution in [1.29, 1.82) is 0 Å². The van der Waals surface area contributed by atoms with Gasteiger partial charge in [-0.2, -0.15) is 4.98 Å². The third kappa shape index (κ3) is 7.22. The average Bonchev–Trinajstić information content (AvgIpc) is 3.55. The number of sulfone groups is 1. The largest absolute Gasteiger partial charge is 0.453 e. The van der Waals surface area contributed by atoms with Crippen LogP contribution < -0.4 is 10.9 Å². The van der Waals surface area contributed by atoms with Crippen molar-refractivity contribution in [2.75, 3.05) is 51.8 Å². The topological polar surface area (TPSA) is 114 Å². The zero-order valence-electron chi connectivity index (χ0n) is 27.0. The number of furan rings is 1. The van der Waals surface area contributed by atoms with Crippen molar-refractivity contribution in [3.8, 4) is 0 Å². The second-order valence-corrected chi connectivity index (χ2v) is 14.5. The van der Waals surface area contributed by atoms with E-state index >= 15 is 0 Å². The zero-order valence-corrected chi connectivity index (χ0v) is 27.8. The molecule has 1 unspecified atom stereocenters. The van der Waals surface area contributed by atoms with Crippen molar-refractivity contribution in [3.05, 3.63) is 118 Å². The molecule has 1 aliphatic rings. The third-order valence-electron chi connectivity index (χ3n) is 8.66. The number of likely N-dealkylation sites (N-methyl/N-ethyl adjacent to an activating group) is 1. The minimum Gasteiger partial charge on any atom is -0.453 e. The van der Waals surface area contributed by atoms with E-state index in [-0.39, 0.29) is 22.9 Å². The van der Waals surface area contributed by atoms with E-state index in [1.807, 2.05) is 56.6 Å². The van der Waals surface area contributed by atoms with Crippen molar-refractivity contribution >= 4 is 38.1 Å². The molecule has 11 heteroatoms. The molecule has 10 nitrogen and oxygen atoms in total. The number of piperidine rings is 1. The van der Waals surface area contributed by atoms with Gasteiger partial charge in [0.25, 0.3) is 5.56 Å². The van der Waals surface area contributed by atoms with Gasteiger partial charge >= 0.3 is 0 Å². The highest BCUT2D eigenvalue weighted by Gasteiger charge is 2.25. The molecule has 4 heterocycles. The van der Waals surface area contributed by atoms with Gasteiger partial charge in [-0.1, -0.05) is 49.0 Å². The molecule has 1 fully saturated rings. The second kappa shape index (κ2) is 13.6. The summed E-state index contributed by atoms with van der Waals surface area (Å²) in [6, 6.07) is 21.1. The summed E-state index contributed by atoms with van der Waals surface area (Å²) in [6.45, 7) is 6.67. The molecule has 0 aliphatic carbocycles. The van der Waals surface area contributed by atoms with E-state index in [2.05, 4.69) is 41.0 Å². The van der Waals surface area contributed by atoms with Crippen LogP contribution in [0, 0.1) is 0 Å². The highest BCUT2D eigenvalue weighted by atomic mass is 32.2. The Hall–Kier alpha value is -4.58. The van der Waals surface area contributed by atoms with Gasteiger partial charge in [0.05, 0.1) is 18.6 Å². The Bertz CT molecular complexity index is 2050. The number of hydrogen-bond acceptors (Lipinski definition) is 9. The average molecular weight is 653 g/mol. The summed E-state index contributed by atoms with van der Waals surface area (Å²) in [5.74, 6) is 0.706. The second-order valence-electron chi connectivity index (χ2n) is 12.5. The van der Waals surface area contributed by atoms with Gasteiger partial charge in [0.1, 0.15) is 5.65 Å². The van der Waals surface area contributed by atoms with Crippen molar-refractivity contribution in [2.45, 2.75) is 30.4 Å². The maximum atomic E-state index is 14.2. The van der Waals surface area contributed by atoms with Crippen LogP contribution in [0.1, 0.15) is 41.0 Å². The maximum absolute atomic E-state index is 14.2. The summed E-state index contributed by atoms with van der Waals surface area (Å²) in [5.41, 5.74) is 4.22. The van der Waals surface area contributed by atoms with Crippen LogP contribution in [0.25, 0.3) is 16.6 Å². The summed E-state index contributed by atoms with van der Waals surface area (Å²) >= 11 is 0. The van der Waals surface area contributed by atoms with Crippen LogP contribution >= 0.6 is 0 Å². The Morgan fingerprint density at radius 2 is 1.87 bits per heavy atom. The quantitative estimate of drug-likeness (QED) is 0.201. The number of nitrogens with one attached hydrogen (secondary N) is 1. The van der Waals surface area contributed by atoms with Crippen molar-refractivity contribution in [1.82, 2.24) is 24.3 Å². The Balaban J connectivity index is 1.38. The first kappa shape index (κ1) is 32.4. The Kier molecular flexibility index (Phi) is 9.40. The number of benzene rings is 2. The summed E-state index contributed by atoms with van der Waals surface area (Å²) in [6.07, 6.45) is 5.38. The van der Waals surface area contributed by atoms with Crippen molar-refractivity contribution in [3.63, 3.8) is 0 Å². The monoisotopic (exact) mass is 652 g/mol. The zero-order chi connectivity index (χ0) is 33.1. The molecule has 3 aromatic heterocycles. The number of hydrogen-bond donors (Lipinski definition) is 1. The maximum Gasteiger partial charge on any atom is 0.260 e. The van der Waals surface area contributed by atoms with Crippen LogP contribution in [0.4, 0.5) is 11.6 Å². The number of fused-ring (bicyclic) bond motifs is 1. The number of rotatable bonds is 11. The lowest BCUT2D eigenvalue weighted by Crippen LogP contribution is -2.30. The van der Waals surface area contributed by atoms with E-state index in [0.717, 1.165) is 24.3 Å². The van der Waals surface area contributed by atoms with Crippen molar-refractivity contribution < 1.29 is 12.8 Å². The first-order chi connectivity index (χ1) is 22.6. The standard InChI is InChI=1S/C36H40N6O4S/c1-25(26-9-6-5-7-10-26)32-21-30-22-37-36(38-31-14-12-27(13-15-31)28-11-8-17-41(4)23-28)39-33(30)42(34(32)43)24-29-16-19-46-35(29)47(44,45)20-18-40(2)3/h5-7,9-10,12-16,19,21-22,28H,1,8,11,17-18,20,23-24H2,2-4H3,(H,37,38,39). The summed E-state index contributed by atoms with van der Waals surface area (Å²) in [4.78, 5) is 27.7. The number of likely N-dealkylation sites (tertiary alicyclic amines) is 1. The lowest BCUT2D eigenvalue weighted by Gasteiger charge is -2.30. The van der Waals surface area contributed by atoms with E-state index in [1.54, 1.807) is 23.2 Å². The number of anilines is 2. The predicted molar refractivity (Wildman–Crippen MR) is 186 cm³/mol. The van der Waals surface area contributed by atoms with Crippen LogP contribution in [0.15, 0.2) is 100 Å². The SMILES string of the molecule is C=C(c1ccccc1)c1cc2cnc(Nc3ccc(C4CCCN(C)C4)cc3)nc2n(Cc2ccoc2S(=O)(=O)CCN(C)C)c1=O. The van der Waals surface area contributed by atoms with E-state index in [0.29, 0.717) is 46.1 Å². The molecular weight excluding hydrogens is 613 g/mol. The summed E-state index contributed by atoms with van der Waals surface area (Å²) in [7, 11) is 2.03. The van der Waals surface area contributed by atoms with E-state index < -0.39 is 9.84 Å². The van der Waals surface area contributed by atoms with E-state index in [9.17, 15) is 13.2 Å². The third-order valence-corrected chi connectivity index (χ3v) is 10.3. The molecule has 5 aromatic rings. The molecule has 0 amide bonds.